The van der Waals surface area contributed by atoms with Gasteiger partial charge in [-0.1, -0.05) is 12.1 Å². The van der Waals surface area contributed by atoms with E-state index in [1.807, 2.05) is 12.1 Å². The number of rotatable bonds is 5. The van der Waals surface area contributed by atoms with Crippen LogP contribution in [0.15, 0.2) is 29.2 Å². The minimum absolute atomic E-state index is 0.180. The average Bonchev–Trinajstić information content (AvgIpc) is 3.07. The molecule has 4 atom stereocenters. The summed E-state index contributed by atoms with van der Waals surface area (Å²) in [7, 11) is -0.901. The quantitative estimate of drug-likeness (QED) is 0.891. The van der Waals surface area contributed by atoms with Crippen LogP contribution in [-0.2, 0) is 15.5 Å². The Morgan fingerprint density at radius 3 is 2.73 bits per heavy atom. The van der Waals surface area contributed by atoms with Crippen molar-refractivity contribution in [3.05, 3.63) is 29.8 Å². The van der Waals surface area contributed by atoms with Gasteiger partial charge in [-0.3, -0.25) is 9.53 Å². The zero-order valence-corrected chi connectivity index (χ0v) is 14.8. The van der Waals surface area contributed by atoms with Gasteiger partial charge in [0.1, 0.15) is 6.23 Å². The van der Waals surface area contributed by atoms with E-state index in [2.05, 4.69) is 29.2 Å². The van der Waals surface area contributed by atoms with Gasteiger partial charge >= 0.3 is 0 Å². The molecular formula is C17H25NO2S2. The van der Waals surface area contributed by atoms with E-state index in [1.54, 1.807) is 6.26 Å². The second kappa shape index (κ2) is 7.95. The molecule has 22 heavy (non-hydrogen) atoms. The van der Waals surface area contributed by atoms with Gasteiger partial charge in [0.05, 0.1) is 6.61 Å². The lowest BCUT2D eigenvalue weighted by Crippen LogP contribution is -2.39. The van der Waals surface area contributed by atoms with Crippen molar-refractivity contribution in [1.29, 1.82) is 0 Å². The van der Waals surface area contributed by atoms with Crippen molar-refractivity contribution in [2.24, 2.45) is 0 Å². The molecule has 1 aromatic rings. The third-order valence-electron chi connectivity index (χ3n) is 4.47. The molecule has 0 saturated carbocycles. The summed E-state index contributed by atoms with van der Waals surface area (Å²) in [5.74, 6) is 1.29. The normalized spacial score (nSPS) is 30.3. The van der Waals surface area contributed by atoms with Gasteiger partial charge in [-0.2, -0.15) is 11.8 Å². The fourth-order valence-corrected chi connectivity index (χ4v) is 4.88. The lowest BCUT2D eigenvalue weighted by Gasteiger charge is -2.32. The summed E-state index contributed by atoms with van der Waals surface area (Å²) in [4.78, 5) is 0.894. The van der Waals surface area contributed by atoms with E-state index >= 15 is 0 Å². The standard InChI is InChI=1S/C17H25NO2S2/c1-22(19)15-9-7-13(8-10-15)16-5-2-6-17(18-16)20-12-14-4-3-11-21-14/h7-10,14,16-18H,2-6,11-12H2,1H3. The maximum atomic E-state index is 11.5. The molecule has 2 heterocycles. The van der Waals surface area contributed by atoms with Crippen LogP contribution in [0, 0.1) is 0 Å². The first-order chi connectivity index (χ1) is 10.7. The van der Waals surface area contributed by atoms with E-state index in [0.29, 0.717) is 11.3 Å². The number of ether oxygens (including phenoxy) is 1. The van der Waals surface area contributed by atoms with Gasteiger partial charge < -0.3 is 4.74 Å². The third-order valence-corrected chi connectivity index (χ3v) is 6.77. The molecule has 4 unspecified atom stereocenters. The zero-order valence-electron chi connectivity index (χ0n) is 13.1. The molecule has 2 aliphatic heterocycles. The van der Waals surface area contributed by atoms with Crippen LogP contribution < -0.4 is 5.32 Å². The third kappa shape index (κ3) is 4.34. The maximum Gasteiger partial charge on any atom is 0.108 e. The fourth-order valence-electron chi connectivity index (χ4n) is 3.18. The van der Waals surface area contributed by atoms with Crippen molar-refractivity contribution < 1.29 is 8.95 Å². The van der Waals surface area contributed by atoms with E-state index in [0.717, 1.165) is 24.3 Å². The van der Waals surface area contributed by atoms with E-state index < -0.39 is 10.8 Å². The highest BCUT2D eigenvalue weighted by Gasteiger charge is 2.24. The van der Waals surface area contributed by atoms with Crippen LogP contribution in [0.1, 0.15) is 43.7 Å². The van der Waals surface area contributed by atoms with Crippen LogP contribution in [0.3, 0.4) is 0 Å². The van der Waals surface area contributed by atoms with Crippen molar-refractivity contribution in [2.45, 2.75) is 54.5 Å². The van der Waals surface area contributed by atoms with Crippen molar-refractivity contribution in [3.8, 4) is 0 Å². The second-order valence-electron chi connectivity index (χ2n) is 6.13. The van der Waals surface area contributed by atoms with Gasteiger partial charge in [-0.25, -0.2) is 0 Å². The number of hydrogen-bond donors (Lipinski definition) is 1. The summed E-state index contributed by atoms with van der Waals surface area (Å²) in [6.07, 6.45) is 7.98. The Balaban J connectivity index is 1.54. The molecule has 5 heteroatoms. The maximum absolute atomic E-state index is 11.5. The minimum Gasteiger partial charge on any atom is -0.362 e. The summed E-state index contributed by atoms with van der Waals surface area (Å²) < 4.78 is 17.6. The molecule has 0 spiro atoms. The summed E-state index contributed by atoms with van der Waals surface area (Å²) in [6.45, 7) is 0.878. The zero-order chi connectivity index (χ0) is 15.4. The van der Waals surface area contributed by atoms with Gasteiger partial charge in [0.2, 0.25) is 0 Å². The molecular weight excluding hydrogens is 314 g/mol. The van der Waals surface area contributed by atoms with Crippen LogP contribution in [-0.4, -0.2) is 34.3 Å². The van der Waals surface area contributed by atoms with Crippen LogP contribution >= 0.6 is 11.8 Å². The molecule has 3 nitrogen and oxygen atoms in total. The molecule has 2 fully saturated rings. The van der Waals surface area contributed by atoms with Gasteiger partial charge in [0.25, 0.3) is 0 Å². The lowest BCUT2D eigenvalue weighted by atomic mass is 9.97. The highest BCUT2D eigenvalue weighted by Crippen LogP contribution is 2.29. The second-order valence-corrected chi connectivity index (χ2v) is 8.92. The van der Waals surface area contributed by atoms with Crippen LogP contribution in [0.2, 0.25) is 0 Å². The van der Waals surface area contributed by atoms with Crippen molar-refractivity contribution in [1.82, 2.24) is 5.32 Å². The minimum atomic E-state index is -0.901. The molecule has 1 N–H and O–H groups in total. The van der Waals surface area contributed by atoms with Gasteiger partial charge in [0, 0.05) is 33.2 Å². The summed E-state index contributed by atoms with van der Waals surface area (Å²) >= 11 is 2.05. The van der Waals surface area contributed by atoms with Crippen LogP contribution in [0.5, 0.6) is 0 Å². The highest BCUT2D eigenvalue weighted by molar-refractivity contribution is 8.00. The first-order valence-electron chi connectivity index (χ1n) is 8.15. The predicted octanol–water partition coefficient (Wildman–Crippen LogP) is 3.48. The van der Waals surface area contributed by atoms with Crippen LogP contribution in [0.4, 0.5) is 0 Å². The number of benzene rings is 1. The highest BCUT2D eigenvalue weighted by atomic mass is 32.2. The number of piperidine rings is 1. The molecule has 0 radical (unpaired) electrons. The molecule has 0 bridgehead atoms. The molecule has 2 aliphatic rings. The molecule has 0 amide bonds. The molecule has 122 valence electrons. The SMILES string of the molecule is CS(=O)c1ccc(C2CCCC(OCC3CCCS3)N2)cc1. The Labute approximate surface area is 140 Å². The van der Waals surface area contributed by atoms with E-state index in [1.165, 1.54) is 30.6 Å². The first-order valence-corrected chi connectivity index (χ1v) is 10.8. The molecule has 1 aromatic carbocycles. The van der Waals surface area contributed by atoms with E-state index in [-0.39, 0.29) is 6.23 Å². The van der Waals surface area contributed by atoms with Gasteiger partial charge in [-0.15, -0.1) is 0 Å². The van der Waals surface area contributed by atoms with E-state index in [4.69, 9.17) is 4.74 Å². The van der Waals surface area contributed by atoms with Crippen molar-refractivity contribution in [3.63, 3.8) is 0 Å². The van der Waals surface area contributed by atoms with Crippen LogP contribution in [0.25, 0.3) is 0 Å². The summed E-state index contributed by atoms with van der Waals surface area (Å²) in [5, 5.41) is 4.33. The Morgan fingerprint density at radius 2 is 2.05 bits per heavy atom. The Morgan fingerprint density at radius 1 is 1.23 bits per heavy atom. The fraction of sp³-hybridized carbons (Fsp3) is 0.647. The Hall–Kier alpha value is -0.360. The number of hydrogen-bond acceptors (Lipinski definition) is 4. The number of thioether (sulfide) groups is 1. The molecule has 0 aliphatic carbocycles. The molecule has 0 aromatic heterocycles. The van der Waals surface area contributed by atoms with Gasteiger partial charge in [-0.05, 0) is 55.6 Å². The lowest BCUT2D eigenvalue weighted by molar-refractivity contribution is 0.000286. The smallest absolute Gasteiger partial charge is 0.108 e. The summed E-state index contributed by atoms with van der Waals surface area (Å²) in [5.41, 5.74) is 1.28. The monoisotopic (exact) mass is 339 g/mol. The average molecular weight is 340 g/mol. The first kappa shape index (κ1) is 16.5. The van der Waals surface area contributed by atoms with Crippen molar-refractivity contribution >= 4 is 22.6 Å². The number of nitrogens with one attached hydrogen (secondary N) is 1. The van der Waals surface area contributed by atoms with E-state index in [9.17, 15) is 4.21 Å². The van der Waals surface area contributed by atoms with Crippen molar-refractivity contribution in [2.75, 3.05) is 18.6 Å². The molecule has 2 saturated heterocycles. The Bertz CT molecular complexity index is 500. The predicted molar refractivity (Wildman–Crippen MR) is 93.7 cm³/mol. The summed E-state index contributed by atoms with van der Waals surface area (Å²) in [6, 6.07) is 8.52. The largest absolute Gasteiger partial charge is 0.362 e. The topological polar surface area (TPSA) is 38.3 Å². The molecule has 3 rings (SSSR count). The Kier molecular flexibility index (Phi) is 5.96. The van der Waals surface area contributed by atoms with Gasteiger partial charge in [0.15, 0.2) is 0 Å².